The zero-order valence-electron chi connectivity index (χ0n) is 10.2. The second-order valence-corrected chi connectivity index (χ2v) is 4.77. The molecular formula is C13H13BrF2N2. The van der Waals surface area contributed by atoms with E-state index in [1.807, 2.05) is 18.7 Å². The summed E-state index contributed by atoms with van der Waals surface area (Å²) in [6.45, 7) is 5.43. The highest BCUT2D eigenvalue weighted by molar-refractivity contribution is 9.10. The van der Waals surface area contributed by atoms with Gasteiger partial charge in [-0.25, -0.2) is 13.8 Å². The van der Waals surface area contributed by atoms with Crippen molar-refractivity contribution in [1.29, 1.82) is 0 Å². The van der Waals surface area contributed by atoms with Gasteiger partial charge in [0.2, 0.25) is 0 Å². The van der Waals surface area contributed by atoms with E-state index in [0.29, 0.717) is 21.1 Å². The van der Waals surface area contributed by atoms with Gasteiger partial charge in [0.25, 0.3) is 0 Å². The van der Waals surface area contributed by atoms with E-state index in [1.165, 1.54) is 6.07 Å². The Morgan fingerprint density at radius 2 is 1.89 bits per heavy atom. The van der Waals surface area contributed by atoms with Crippen molar-refractivity contribution in [3.05, 3.63) is 34.4 Å². The number of halogens is 3. The summed E-state index contributed by atoms with van der Waals surface area (Å²) in [5.74, 6) is -0.558. The molecule has 0 spiro atoms. The topological polar surface area (TPSA) is 16.1 Å². The molecule has 0 aliphatic rings. The van der Waals surface area contributed by atoms with Crippen molar-refractivity contribution in [1.82, 2.24) is 4.98 Å². The van der Waals surface area contributed by atoms with Gasteiger partial charge >= 0.3 is 0 Å². The van der Waals surface area contributed by atoms with Crippen molar-refractivity contribution >= 4 is 32.5 Å². The van der Waals surface area contributed by atoms with Gasteiger partial charge in [-0.15, -0.1) is 0 Å². The maximum absolute atomic E-state index is 13.8. The van der Waals surface area contributed by atoms with E-state index in [2.05, 4.69) is 20.9 Å². The smallest absolute Gasteiger partial charge is 0.136 e. The SMILES string of the molecule is CCN(CC)c1ncc(Br)c2c(F)cc(F)cc12. The number of pyridine rings is 1. The molecule has 1 aromatic carbocycles. The molecule has 0 aliphatic heterocycles. The Morgan fingerprint density at radius 3 is 2.50 bits per heavy atom. The minimum Gasteiger partial charge on any atom is -0.357 e. The predicted molar refractivity (Wildman–Crippen MR) is 72.9 cm³/mol. The number of fused-ring (bicyclic) bond motifs is 1. The van der Waals surface area contributed by atoms with Crippen LogP contribution < -0.4 is 4.90 Å². The Kier molecular flexibility index (Phi) is 3.80. The number of aromatic nitrogens is 1. The van der Waals surface area contributed by atoms with Crippen LogP contribution in [-0.4, -0.2) is 18.1 Å². The molecule has 18 heavy (non-hydrogen) atoms. The minimum absolute atomic E-state index is 0.369. The van der Waals surface area contributed by atoms with Crippen LogP contribution in [0.5, 0.6) is 0 Å². The number of rotatable bonds is 3. The number of nitrogens with zero attached hydrogens (tertiary/aromatic N) is 2. The van der Waals surface area contributed by atoms with Crippen LogP contribution in [0.25, 0.3) is 10.8 Å². The van der Waals surface area contributed by atoms with Gasteiger partial charge in [0.05, 0.1) is 0 Å². The van der Waals surface area contributed by atoms with Gasteiger partial charge in [-0.2, -0.15) is 0 Å². The molecule has 0 amide bonds. The largest absolute Gasteiger partial charge is 0.357 e. The molecule has 0 fully saturated rings. The molecule has 1 heterocycles. The maximum Gasteiger partial charge on any atom is 0.136 e. The Balaban J connectivity index is 2.80. The zero-order valence-corrected chi connectivity index (χ0v) is 11.8. The fourth-order valence-corrected chi connectivity index (χ4v) is 2.53. The Morgan fingerprint density at radius 1 is 1.22 bits per heavy atom. The van der Waals surface area contributed by atoms with Crippen LogP contribution >= 0.6 is 15.9 Å². The molecule has 0 aliphatic carbocycles. The van der Waals surface area contributed by atoms with Gasteiger partial charge in [-0.3, -0.25) is 0 Å². The van der Waals surface area contributed by atoms with Crippen molar-refractivity contribution in [2.45, 2.75) is 13.8 Å². The van der Waals surface area contributed by atoms with Crippen molar-refractivity contribution in [3.63, 3.8) is 0 Å². The molecule has 96 valence electrons. The Bertz CT molecular complexity index is 583. The highest BCUT2D eigenvalue weighted by Gasteiger charge is 2.15. The molecule has 0 bridgehead atoms. The van der Waals surface area contributed by atoms with Crippen molar-refractivity contribution in [2.75, 3.05) is 18.0 Å². The molecule has 0 N–H and O–H groups in total. The summed E-state index contributed by atoms with van der Waals surface area (Å²) in [4.78, 5) is 6.24. The summed E-state index contributed by atoms with van der Waals surface area (Å²) in [6, 6.07) is 2.21. The predicted octanol–water partition coefficient (Wildman–Crippen LogP) is 4.12. The van der Waals surface area contributed by atoms with Gasteiger partial charge < -0.3 is 4.90 Å². The van der Waals surface area contributed by atoms with E-state index in [-0.39, 0.29) is 0 Å². The van der Waals surface area contributed by atoms with E-state index >= 15 is 0 Å². The first kappa shape index (κ1) is 13.2. The second-order valence-electron chi connectivity index (χ2n) is 3.91. The molecule has 0 atom stereocenters. The highest BCUT2D eigenvalue weighted by atomic mass is 79.9. The number of hydrogen-bond acceptors (Lipinski definition) is 2. The summed E-state index contributed by atoms with van der Waals surface area (Å²) >= 11 is 3.26. The minimum atomic E-state index is -0.590. The Hall–Kier alpha value is -1.23. The van der Waals surface area contributed by atoms with E-state index in [1.54, 1.807) is 6.20 Å². The first-order valence-corrected chi connectivity index (χ1v) is 6.56. The number of hydrogen-bond donors (Lipinski definition) is 0. The lowest BCUT2D eigenvalue weighted by atomic mass is 10.1. The standard InChI is InChI=1S/C13H13BrF2N2/c1-3-18(4-2)13-9-5-8(15)6-11(16)12(9)10(14)7-17-13/h5-7H,3-4H2,1-2H3. The van der Waals surface area contributed by atoms with E-state index in [9.17, 15) is 8.78 Å². The normalized spacial score (nSPS) is 10.9. The summed E-state index contributed by atoms with van der Waals surface area (Å²) in [5.41, 5.74) is 0. The van der Waals surface area contributed by atoms with Crippen molar-refractivity contribution in [2.24, 2.45) is 0 Å². The molecule has 0 saturated carbocycles. The lowest BCUT2D eigenvalue weighted by molar-refractivity contribution is 0.591. The van der Waals surface area contributed by atoms with Crippen LogP contribution in [-0.2, 0) is 0 Å². The molecule has 2 nitrogen and oxygen atoms in total. The van der Waals surface area contributed by atoms with Gasteiger partial charge in [-0.05, 0) is 35.8 Å². The van der Waals surface area contributed by atoms with Gasteiger partial charge in [0, 0.05) is 40.6 Å². The summed E-state index contributed by atoms with van der Waals surface area (Å²) < 4.78 is 27.8. The van der Waals surface area contributed by atoms with Crippen LogP contribution in [0.4, 0.5) is 14.6 Å². The molecule has 2 rings (SSSR count). The fourth-order valence-electron chi connectivity index (χ4n) is 2.02. The monoisotopic (exact) mass is 314 g/mol. The molecule has 5 heteroatoms. The third-order valence-electron chi connectivity index (χ3n) is 2.90. The first-order chi connectivity index (χ1) is 8.58. The molecule has 0 unspecified atom stereocenters. The zero-order chi connectivity index (χ0) is 13.3. The number of benzene rings is 1. The van der Waals surface area contributed by atoms with Crippen LogP contribution in [0.3, 0.4) is 0 Å². The quantitative estimate of drug-likeness (QED) is 0.847. The van der Waals surface area contributed by atoms with Gasteiger partial charge in [0.1, 0.15) is 17.5 Å². The van der Waals surface area contributed by atoms with E-state index in [0.717, 1.165) is 19.2 Å². The van der Waals surface area contributed by atoms with E-state index < -0.39 is 11.6 Å². The summed E-state index contributed by atoms with van der Waals surface area (Å²) in [5, 5.41) is 0.860. The average Bonchev–Trinajstić information content (AvgIpc) is 2.32. The third-order valence-corrected chi connectivity index (χ3v) is 3.50. The highest BCUT2D eigenvalue weighted by Crippen LogP contribution is 2.32. The lowest BCUT2D eigenvalue weighted by Gasteiger charge is -2.22. The average molecular weight is 315 g/mol. The van der Waals surface area contributed by atoms with Gasteiger partial charge in [0.15, 0.2) is 0 Å². The van der Waals surface area contributed by atoms with E-state index in [4.69, 9.17) is 0 Å². The van der Waals surface area contributed by atoms with Crippen LogP contribution in [0.15, 0.2) is 22.8 Å². The molecule has 0 saturated heterocycles. The number of anilines is 1. The molecule has 2 aromatic rings. The fraction of sp³-hybridized carbons (Fsp3) is 0.308. The molecule has 1 aromatic heterocycles. The van der Waals surface area contributed by atoms with Crippen molar-refractivity contribution in [3.8, 4) is 0 Å². The summed E-state index contributed by atoms with van der Waals surface area (Å²) in [7, 11) is 0. The lowest BCUT2D eigenvalue weighted by Crippen LogP contribution is -2.23. The van der Waals surface area contributed by atoms with Crippen molar-refractivity contribution < 1.29 is 8.78 Å². The van der Waals surface area contributed by atoms with Crippen LogP contribution in [0.1, 0.15) is 13.8 Å². The molecule has 0 radical (unpaired) electrons. The van der Waals surface area contributed by atoms with Crippen LogP contribution in [0, 0.1) is 11.6 Å². The first-order valence-electron chi connectivity index (χ1n) is 5.76. The Labute approximate surface area is 113 Å². The third kappa shape index (κ3) is 2.19. The second kappa shape index (κ2) is 5.18. The summed E-state index contributed by atoms with van der Waals surface area (Å²) in [6.07, 6.45) is 1.55. The molecular weight excluding hydrogens is 302 g/mol. The maximum atomic E-state index is 13.8. The van der Waals surface area contributed by atoms with Gasteiger partial charge in [-0.1, -0.05) is 0 Å². The van der Waals surface area contributed by atoms with Crippen LogP contribution in [0.2, 0.25) is 0 Å².